The average molecular weight is 375 g/mol. The molecule has 138 valence electrons. The molecule has 0 radical (unpaired) electrons. The Kier molecular flexibility index (Phi) is 6.32. The van der Waals surface area contributed by atoms with Gasteiger partial charge in [-0.05, 0) is 5.56 Å². The number of thiazole rings is 1. The third kappa shape index (κ3) is 5.35. The number of nitrogens with one attached hydrogen (secondary N) is 1. The lowest BCUT2D eigenvalue weighted by molar-refractivity contribution is -0.137. The molecule has 8 heteroatoms. The van der Waals surface area contributed by atoms with Crippen LogP contribution in [0.15, 0.2) is 29.6 Å². The van der Waals surface area contributed by atoms with Crippen LogP contribution in [-0.2, 0) is 27.3 Å². The summed E-state index contributed by atoms with van der Waals surface area (Å²) >= 11 is 1.48. The monoisotopic (exact) mass is 375 g/mol. The van der Waals surface area contributed by atoms with E-state index in [4.69, 9.17) is 9.84 Å². The van der Waals surface area contributed by atoms with Crippen LogP contribution in [0.1, 0.15) is 11.3 Å². The minimum atomic E-state index is -1.06. The van der Waals surface area contributed by atoms with Crippen molar-refractivity contribution < 1.29 is 19.4 Å². The number of carboxylic acids is 1. The molecule has 2 aromatic rings. The predicted molar refractivity (Wildman–Crippen MR) is 98.0 cm³/mol. The molecule has 7 nitrogen and oxygen atoms in total. The number of amides is 1. The van der Waals surface area contributed by atoms with E-state index in [1.54, 1.807) is 0 Å². The first-order chi connectivity index (χ1) is 12.6. The first-order valence-electron chi connectivity index (χ1n) is 8.42. The van der Waals surface area contributed by atoms with Gasteiger partial charge >= 0.3 is 5.97 Å². The van der Waals surface area contributed by atoms with Crippen molar-refractivity contribution in [3.8, 4) is 10.6 Å². The molecule has 1 saturated heterocycles. The highest BCUT2D eigenvalue weighted by atomic mass is 32.1. The van der Waals surface area contributed by atoms with Crippen LogP contribution in [0.5, 0.6) is 0 Å². The van der Waals surface area contributed by atoms with E-state index >= 15 is 0 Å². The Morgan fingerprint density at radius 2 is 1.96 bits per heavy atom. The summed E-state index contributed by atoms with van der Waals surface area (Å²) < 4.78 is 5.36. The predicted octanol–water partition coefficient (Wildman–Crippen LogP) is 1.39. The van der Waals surface area contributed by atoms with Crippen LogP contribution in [0.2, 0.25) is 0 Å². The molecule has 0 aliphatic carbocycles. The summed E-state index contributed by atoms with van der Waals surface area (Å²) in [7, 11) is 0. The number of aliphatic carboxylic acids is 1. The minimum Gasteiger partial charge on any atom is -0.480 e. The lowest BCUT2D eigenvalue weighted by Crippen LogP contribution is -2.35. The van der Waals surface area contributed by atoms with E-state index < -0.39 is 5.97 Å². The van der Waals surface area contributed by atoms with Crippen molar-refractivity contribution in [2.45, 2.75) is 13.0 Å². The summed E-state index contributed by atoms with van der Waals surface area (Å²) in [5, 5.41) is 13.6. The number of nitrogens with zero attached hydrogens (tertiary/aromatic N) is 2. The molecule has 0 spiro atoms. The second-order valence-electron chi connectivity index (χ2n) is 6.08. The van der Waals surface area contributed by atoms with Gasteiger partial charge in [0.05, 0.1) is 25.3 Å². The Morgan fingerprint density at radius 3 is 2.65 bits per heavy atom. The molecule has 0 atom stereocenters. The zero-order chi connectivity index (χ0) is 18.4. The number of carbonyl (C=O) groups is 2. The van der Waals surface area contributed by atoms with Gasteiger partial charge in [0.2, 0.25) is 5.91 Å². The fraction of sp³-hybridized carbons (Fsp3) is 0.389. The topological polar surface area (TPSA) is 91.8 Å². The Bertz CT molecular complexity index is 754. The van der Waals surface area contributed by atoms with Crippen molar-refractivity contribution >= 4 is 23.2 Å². The highest BCUT2D eigenvalue weighted by molar-refractivity contribution is 7.13. The van der Waals surface area contributed by atoms with Crippen molar-refractivity contribution in [2.75, 3.05) is 32.8 Å². The Morgan fingerprint density at radius 1 is 1.23 bits per heavy atom. The quantitative estimate of drug-likeness (QED) is 0.760. The molecule has 1 aliphatic heterocycles. The van der Waals surface area contributed by atoms with Crippen molar-refractivity contribution in [3.05, 3.63) is 40.9 Å². The maximum atomic E-state index is 11.7. The first-order valence-corrected chi connectivity index (χ1v) is 9.30. The lowest BCUT2D eigenvalue weighted by Gasteiger charge is -2.26. The molecule has 1 amide bonds. The summed E-state index contributed by atoms with van der Waals surface area (Å²) in [6.07, 6.45) is 0.0822. The van der Waals surface area contributed by atoms with Crippen LogP contribution >= 0.6 is 11.3 Å². The summed E-state index contributed by atoms with van der Waals surface area (Å²) in [5.41, 5.74) is 2.91. The van der Waals surface area contributed by atoms with E-state index in [1.165, 1.54) is 16.9 Å². The van der Waals surface area contributed by atoms with E-state index in [-0.39, 0.29) is 18.9 Å². The van der Waals surface area contributed by atoms with Gasteiger partial charge in [0.25, 0.3) is 0 Å². The van der Waals surface area contributed by atoms with Gasteiger partial charge < -0.3 is 15.2 Å². The number of morpholine rings is 1. The standard InChI is InChI=1S/C18H21N3O4S/c22-16(19-10-17(23)24)9-15-12-26-18(20-15)14-3-1-13(2-4-14)11-21-5-7-25-8-6-21/h1-4,12H,5-11H2,(H,19,22)(H,23,24). The van der Waals surface area contributed by atoms with Crippen LogP contribution in [0.4, 0.5) is 0 Å². The van der Waals surface area contributed by atoms with Gasteiger partial charge in [0.1, 0.15) is 11.6 Å². The molecule has 3 rings (SSSR count). The molecule has 0 bridgehead atoms. The molecule has 0 unspecified atom stereocenters. The van der Waals surface area contributed by atoms with Crippen molar-refractivity contribution in [1.29, 1.82) is 0 Å². The second kappa shape index (κ2) is 8.88. The number of benzene rings is 1. The van der Waals surface area contributed by atoms with Gasteiger partial charge in [0.15, 0.2) is 0 Å². The van der Waals surface area contributed by atoms with E-state index in [0.717, 1.165) is 43.4 Å². The maximum absolute atomic E-state index is 11.7. The molecular formula is C18H21N3O4S. The number of hydrogen-bond donors (Lipinski definition) is 2. The molecule has 0 saturated carbocycles. The summed E-state index contributed by atoms with van der Waals surface area (Å²) in [4.78, 5) is 29.0. The zero-order valence-electron chi connectivity index (χ0n) is 14.3. The smallest absolute Gasteiger partial charge is 0.322 e. The van der Waals surface area contributed by atoms with Gasteiger partial charge in [-0.3, -0.25) is 14.5 Å². The molecular weight excluding hydrogens is 354 g/mol. The van der Waals surface area contributed by atoms with Gasteiger partial charge in [-0.15, -0.1) is 11.3 Å². The van der Waals surface area contributed by atoms with E-state index in [2.05, 4.69) is 27.3 Å². The largest absolute Gasteiger partial charge is 0.480 e. The fourth-order valence-corrected chi connectivity index (χ4v) is 3.52. The fourth-order valence-electron chi connectivity index (χ4n) is 2.69. The minimum absolute atomic E-state index is 0.0822. The van der Waals surface area contributed by atoms with E-state index in [9.17, 15) is 9.59 Å². The summed E-state index contributed by atoms with van der Waals surface area (Å²) in [6.45, 7) is 4.04. The Labute approximate surface area is 155 Å². The Hall–Kier alpha value is -2.29. The highest BCUT2D eigenvalue weighted by Gasteiger charge is 2.12. The highest BCUT2D eigenvalue weighted by Crippen LogP contribution is 2.24. The molecule has 2 heterocycles. The number of ether oxygens (including phenoxy) is 1. The third-order valence-corrected chi connectivity index (χ3v) is 4.98. The SMILES string of the molecule is O=C(O)CNC(=O)Cc1csc(-c2ccc(CN3CCOCC3)cc2)n1. The van der Waals surface area contributed by atoms with Gasteiger partial charge in [-0.1, -0.05) is 24.3 Å². The van der Waals surface area contributed by atoms with Crippen LogP contribution < -0.4 is 5.32 Å². The van der Waals surface area contributed by atoms with Crippen LogP contribution in [0.25, 0.3) is 10.6 Å². The number of carboxylic acid groups (broad SMARTS) is 1. The van der Waals surface area contributed by atoms with Crippen LogP contribution in [0.3, 0.4) is 0 Å². The molecule has 1 aliphatic rings. The zero-order valence-corrected chi connectivity index (χ0v) is 15.1. The number of aromatic nitrogens is 1. The van der Waals surface area contributed by atoms with Gasteiger partial charge in [0, 0.05) is 30.6 Å². The van der Waals surface area contributed by atoms with Crippen LogP contribution in [-0.4, -0.2) is 59.7 Å². The van der Waals surface area contributed by atoms with Crippen molar-refractivity contribution in [2.24, 2.45) is 0 Å². The third-order valence-electron chi connectivity index (χ3n) is 4.04. The summed E-state index contributed by atoms with van der Waals surface area (Å²) in [6, 6.07) is 8.29. The van der Waals surface area contributed by atoms with Crippen LogP contribution in [0, 0.1) is 0 Å². The average Bonchev–Trinajstić information content (AvgIpc) is 3.10. The first kappa shape index (κ1) is 18.5. The van der Waals surface area contributed by atoms with Gasteiger partial charge in [-0.25, -0.2) is 4.98 Å². The molecule has 1 fully saturated rings. The second-order valence-corrected chi connectivity index (χ2v) is 6.93. The van der Waals surface area contributed by atoms with Crippen molar-refractivity contribution in [1.82, 2.24) is 15.2 Å². The van der Waals surface area contributed by atoms with Gasteiger partial charge in [-0.2, -0.15) is 0 Å². The van der Waals surface area contributed by atoms with E-state index in [1.807, 2.05) is 17.5 Å². The summed E-state index contributed by atoms with van der Waals surface area (Å²) in [5.74, 6) is -1.40. The van der Waals surface area contributed by atoms with Crippen molar-refractivity contribution in [3.63, 3.8) is 0 Å². The normalized spacial score (nSPS) is 14.9. The maximum Gasteiger partial charge on any atom is 0.322 e. The Balaban J connectivity index is 1.56. The lowest BCUT2D eigenvalue weighted by atomic mass is 10.1. The van der Waals surface area contributed by atoms with E-state index in [0.29, 0.717) is 5.69 Å². The molecule has 1 aromatic heterocycles. The number of hydrogen-bond acceptors (Lipinski definition) is 6. The molecule has 1 aromatic carbocycles. The molecule has 2 N–H and O–H groups in total. The molecule has 26 heavy (non-hydrogen) atoms. The number of carbonyl (C=O) groups excluding carboxylic acids is 1. The number of rotatable bonds is 7.